The molecule has 2 amide bonds. The summed E-state index contributed by atoms with van der Waals surface area (Å²) in [4.78, 5) is 41.7. The third kappa shape index (κ3) is 3.95. The Hall–Kier alpha value is -2.87. The Morgan fingerprint density at radius 2 is 2.00 bits per heavy atom. The highest BCUT2D eigenvalue weighted by atomic mass is 32.2. The summed E-state index contributed by atoms with van der Waals surface area (Å²) in [6, 6.07) is 7.79. The van der Waals surface area contributed by atoms with Gasteiger partial charge < -0.3 is 15.3 Å². The van der Waals surface area contributed by atoms with Gasteiger partial charge in [0, 0.05) is 17.6 Å². The molecule has 0 radical (unpaired) electrons. The predicted molar refractivity (Wildman–Crippen MR) is 103 cm³/mol. The lowest BCUT2D eigenvalue weighted by molar-refractivity contribution is -0.119. The fourth-order valence-corrected chi connectivity index (χ4v) is 3.93. The minimum atomic E-state index is -1.16. The van der Waals surface area contributed by atoms with Crippen LogP contribution in [-0.4, -0.2) is 50.4 Å². The zero-order valence-corrected chi connectivity index (χ0v) is 15.7. The number of aryl methyl sites for hydroxylation is 1. The quantitative estimate of drug-likeness (QED) is 0.839. The first-order chi connectivity index (χ1) is 12.9. The number of aromatic nitrogens is 1. The fraction of sp³-hybridized carbons (Fsp3) is 0.263. The Labute approximate surface area is 160 Å². The first-order valence-corrected chi connectivity index (χ1v) is 9.49. The average Bonchev–Trinajstić information content (AvgIpc) is 3.15. The van der Waals surface area contributed by atoms with E-state index in [4.69, 9.17) is 5.11 Å². The van der Waals surface area contributed by atoms with Crippen LogP contribution in [0.3, 0.4) is 0 Å². The molecule has 1 fully saturated rings. The van der Waals surface area contributed by atoms with E-state index in [-0.39, 0.29) is 23.1 Å². The van der Waals surface area contributed by atoms with Gasteiger partial charge in [0.1, 0.15) is 11.7 Å². The minimum absolute atomic E-state index is 0.133. The molecule has 2 aromatic rings. The lowest BCUT2D eigenvalue weighted by atomic mass is 10.1. The Balaban J connectivity index is 1.76. The lowest BCUT2D eigenvalue weighted by Crippen LogP contribution is -2.44. The van der Waals surface area contributed by atoms with Crippen LogP contribution in [0.25, 0.3) is 0 Å². The van der Waals surface area contributed by atoms with Crippen LogP contribution in [0.15, 0.2) is 36.5 Å². The number of carboxylic acids is 1. The van der Waals surface area contributed by atoms with Gasteiger partial charge >= 0.3 is 5.97 Å². The highest BCUT2D eigenvalue weighted by molar-refractivity contribution is 7.99. The van der Waals surface area contributed by atoms with Crippen LogP contribution in [0, 0.1) is 13.8 Å². The number of amides is 2. The number of pyridine rings is 1. The van der Waals surface area contributed by atoms with Crippen molar-refractivity contribution in [1.29, 1.82) is 0 Å². The monoisotopic (exact) mass is 385 g/mol. The molecule has 1 aromatic carbocycles. The first kappa shape index (κ1) is 18.9. The van der Waals surface area contributed by atoms with E-state index >= 15 is 0 Å². The van der Waals surface area contributed by atoms with E-state index < -0.39 is 12.0 Å². The SMILES string of the molecule is Cc1cccc(NC(=O)C2CSCN2C(=O)c2ccc(C(=O)O)nc2)c1C. The Bertz CT molecular complexity index is 898. The number of thioether (sulfide) groups is 1. The van der Waals surface area contributed by atoms with Crippen molar-refractivity contribution in [3.63, 3.8) is 0 Å². The van der Waals surface area contributed by atoms with Gasteiger partial charge in [-0.2, -0.15) is 0 Å². The van der Waals surface area contributed by atoms with Gasteiger partial charge in [-0.15, -0.1) is 11.8 Å². The Morgan fingerprint density at radius 1 is 1.22 bits per heavy atom. The molecule has 1 saturated heterocycles. The molecule has 140 valence electrons. The second kappa shape index (κ2) is 7.79. The van der Waals surface area contributed by atoms with E-state index in [9.17, 15) is 14.4 Å². The van der Waals surface area contributed by atoms with Crippen molar-refractivity contribution in [2.45, 2.75) is 19.9 Å². The molecule has 1 atom stereocenters. The summed E-state index contributed by atoms with van der Waals surface area (Å²) in [5, 5.41) is 11.8. The van der Waals surface area contributed by atoms with Crippen molar-refractivity contribution in [3.8, 4) is 0 Å². The van der Waals surface area contributed by atoms with Crippen molar-refractivity contribution in [3.05, 3.63) is 58.9 Å². The van der Waals surface area contributed by atoms with Crippen LogP contribution in [-0.2, 0) is 4.79 Å². The van der Waals surface area contributed by atoms with Crippen LogP contribution in [0.5, 0.6) is 0 Å². The van der Waals surface area contributed by atoms with E-state index in [0.29, 0.717) is 11.6 Å². The molecule has 8 heteroatoms. The normalized spacial score (nSPS) is 16.2. The summed E-state index contributed by atoms with van der Waals surface area (Å²) in [6.07, 6.45) is 1.23. The molecule has 3 rings (SSSR count). The summed E-state index contributed by atoms with van der Waals surface area (Å²) >= 11 is 1.50. The van der Waals surface area contributed by atoms with Crippen LogP contribution >= 0.6 is 11.8 Å². The Kier molecular flexibility index (Phi) is 5.46. The van der Waals surface area contributed by atoms with Crippen molar-refractivity contribution >= 4 is 35.2 Å². The van der Waals surface area contributed by atoms with Gasteiger partial charge in [-0.3, -0.25) is 9.59 Å². The topological polar surface area (TPSA) is 99.6 Å². The van der Waals surface area contributed by atoms with Gasteiger partial charge in [0.15, 0.2) is 0 Å². The second-order valence-corrected chi connectivity index (χ2v) is 7.26. The summed E-state index contributed by atoms with van der Waals surface area (Å²) in [6.45, 7) is 3.91. The number of nitrogens with zero attached hydrogens (tertiary/aromatic N) is 2. The Morgan fingerprint density at radius 3 is 2.67 bits per heavy atom. The second-order valence-electron chi connectivity index (χ2n) is 6.26. The third-order valence-corrected chi connectivity index (χ3v) is 5.55. The minimum Gasteiger partial charge on any atom is -0.477 e. The highest BCUT2D eigenvalue weighted by Gasteiger charge is 2.35. The molecular weight excluding hydrogens is 366 g/mol. The van der Waals surface area contributed by atoms with E-state index in [1.807, 2.05) is 32.0 Å². The van der Waals surface area contributed by atoms with Crippen LogP contribution in [0.1, 0.15) is 32.0 Å². The number of hydrogen-bond donors (Lipinski definition) is 2. The molecule has 27 heavy (non-hydrogen) atoms. The fourth-order valence-electron chi connectivity index (χ4n) is 2.78. The molecule has 1 aliphatic heterocycles. The maximum atomic E-state index is 12.8. The maximum Gasteiger partial charge on any atom is 0.354 e. The number of carbonyl (C=O) groups excluding carboxylic acids is 2. The van der Waals surface area contributed by atoms with Gasteiger partial charge in [0.05, 0.1) is 11.4 Å². The molecule has 1 aliphatic rings. The van der Waals surface area contributed by atoms with Crippen LogP contribution in [0.4, 0.5) is 5.69 Å². The van der Waals surface area contributed by atoms with Gasteiger partial charge in [0.2, 0.25) is 5.91 Å². The van der Waals surface area contributed by atoms with Gasteiger partial charge in [-0.1, -0.05) is 12.1 Å². The molecular formula is C19H19N3O4S. The van der Waals surface area contributed by atoms with Crippen molar-refractivity contribution in [1.82, 2.24) is 9.88 Å². The van der Waals surface area contributed by atoms with Crippen LogP contribution in [0.2, 0.25) is 0 Å². The molecule has 0 bridgehead atoms. The largest absolute Gasteiger partial charge is 0.477 e. The third-order valence-electron chi connectivity index (χ3n) is 4.54. The maximum absolute atomic E-state index is 12.8. The van der Waals surface area contributed by atoms with Gasteiger partial charge in [-0.25, -0.2) is 9.78 Å². The average molecular weight is 385 g/mol. The van der Waals surface area contributed by atoms with Crippen molar-refractivity contribution < 1.29 is 19.5 Å². The lowest BCUT2D eigenvalue weighted by Gasteiger charge is -2.23. The molecule has 1 unspecified atom stereocenters. The molecule has 2 heterocycles. The number of hydrogen-bond acceptors (Lipinski definition) is 5. The molecule has 0 aliphatic carbocycles. The summed E-state index contributed by atoms with van der Waals surface area (Å²) < 4.78 is 0. The first-order valence-electron chi connectivity index (χ1n) is 8.33. The zero-order chi connectivity index (χ0) is 19.6. The number of nitrogens with one attached hydrogen (secondary N) is 1. The number of carboxylic acid groups (broad SMARTS) is 1. The summed E-state index contributed by atoms with van der Waals surface area (Å²) in [7, 11) is 0. The number of anilines is 1. The number of rotatable bonds is 4. The van der Waals surface area contributed by atoms with Crippen LogP contribution < -0.4 is 5.32 Å². The summed E-state index contributed by atoms with van der Waals surface area (Å²) in [5.41, 5.74) is 2.92. The van der Waals surface area contributed by atoms with Gasteiger partial charge in [0.25, 0.3) is 5.91 Å². The van der Waals surface area contributed by atoms with E-state index in [2.05, 4.69) is 10.3 Å². The number of carbonyl (C=O) groups is 3. The van der Waals surface area contributed by atoms with Crippen molar-refractivity contribution in [2.75, 3.05) is 16.9 Å². The predicted octanol–water partition coefficient (Wildman–Crippen LogP) is 2.55. The summed E-state index contributed by atoms with van der Waals surface area (Å²) in [5.74, 6) is -0.841. The van der Waals surface area contributed by atoms with E-state index in [0.717, 1.165) is 16.8 Å². The standard InChI is InChI=1S/C19H19N3O4S/c1-11-4-3-5-14(12(11)2)21-17(23)16-9-27-10-22(16)18(24)13-6-7-15(19(25)26)20-8-13/h3-8,16H,9-10H2,1-2H3,(H,21,23)(H,25,26). The molecule has 0 saturated carbocycles. The molecule has 2 N–H and O–H groups in total. The zero-order valence-electron chi connectivity index (χ0n) is 14.9. The van der Waals surface area contributed by atoms with E-state index in [1.165, 1.54) is 35.0 Å². The number of benzene rings is 1. The highest BCUT2D eigenvalue weighted by Crippen LogP contribution is 2.25. The molecule has 1 aromatic heterocycles. The van der Waals surface area contributed by atoms with Crippen molar-refractivity contribution in [2.24, 2.45) is 0 Å². The smallest absolute Gasteiger partial charge is 0.354 e. The molecule has 0 spiro atoms. The van der Waals surface area contributed by atoms with Gasteiger partial charge in [-0.05, 0) is 43.2 Å². The van der Waals surface area contributed by atoms with E-state index in [1.54, 1.807) is 0 Å². The number of aromatic carboxylic acids is 1. The molecule has 7 nitrogen and oxygen atoms in total.